The first kappa shape index (κ1) is 18.1. The molecule has 1 rings (SSSR count). The Labute approximate surface area is 129 Å². The molecule has 9 heteroatoms. The highest BCUT2D eigenvalue weighted by Gasteiger charge is 2.28. The van der Waals surface area contributed by atoms with Crippen LogP contribution in [-0.2, 0) is 16.1 Å². The fourth-order valence-electron chi connectivity index (χ4n) is 1.41. The topological polar surface area (TPSA) is 81.4 Å². The summed E-state index contributed by atoms with van der Waals surface area (Å²) in [6.45, 7) is -1.22. The molecule has 0 aromatic heterocycles. The molecule has 5 nitrogen and oxygen atoms in total. The zero-order chi connectivity index (χ0) is 16.6. The van der Waals surface area contributed by atoms with Gasteiger partial charge in [0.1, 0.15) is 5.75 Å². The van der Waals surface area contributed by atoms with Crippen molar-refractivity contribution in [2.75, 3.05) is 18.1 Å². The second kappa shape index (κ2) is 8.52. The predicted molar refractivity (Wildman–Crippen MR) is 76.4 cm³/mol. The van der Waals surface area contributed by atoms with Crippen LogP contribution in [0.25, 0.3) is 0 Å². The second-order valence-corrected chi connectivity index (χ2v) is 5.27. The Morgan fingerprint density at radius 2 is 2.00 bits per heavy atom. The minimum Gasteiger partial charge on any atom is -0.484 e. The number of alkyl halides is 3. The molecule has 22 heavy (non-hydrogen) atoms. The van der Waals surface area contributed by atoms with Crippen LogP contribution in [0.15, 0.2) is 24.3 Å². The van der Waals surface area contributed by atoms with Crippen LogP contribution in [0.5, 0.6) is 5.75 Å². The summed E-state index contributed by atoms with van der Waals surface area (Å²) in [4.78, 5) is 22.0. The molecule has 0 heterocycles. The summed E-state index contributed by atoms with van der Waals surface area (Å²) >= 11 is 1.08. The van der Waals surface area contributed by atoms with Crippen molar-refractivity contribution in [3.8, 4) is 5.75 Å². The fraction of sp³-hybridized carbons (Fsp3) is 0.385. The van der Waals surface area contributed by atoms with Crippen molar-refractivity contribution >= 4 is 23.6 Å². The summed E-state index contributed by atoms with van der Waals surface area (Å²) < 4.78 is 40.8. The van der Waals surface area contributed by atoms with Gasteiger partial charge in [-0.2, -0.15) is 13.2 Å². The van der Waals surface area contributed by atoms with Crippen molar-refractivity contribution in [1.82, 2.24) is 5.32 Å². The molecule has 0 aliphatic carbocycles. The zero-order valence-corrected chi connectivity index (χ0v) is 12.3. The Morgan fingerprint density at radius 1 is 1.27 bits per heavy atom. The summed E-state index contributed by atoms with van der Waals surface area (Å²) in [5, 5.41) is 2.58. The number of benzene rings is 1. The Bertz CT molecular complexity index is 523. The molecule has 0 spiro atoms. The van der Waals surface area contributed by atoms with E-state index in [9.17, 15) is 22.8 Å². The van der Waals surface area contributed by atoms with Gasteiger partial charge in [0.15, 0.2) is 6.61 Å². The van der Waals surface area contributed by atoms with E-state index in [1.807, 2.05) is 0 Å². The van der Waals surface area contributed by atoms with E-state index in [4.69, 9.17) is 5.73 Å². The van der Waals surface area contributed by atoms with Gasteiger partial charge < -0.3 is 15.8 Å². The van der Waals surface area contributed by atoms with Gasteiger partial charge in [0.05, 0.1) is 11.5 Å². The highest BCUT2D eigenvalue weighted by atomic mass is 32.2. The lowest BCUT2D eigenvalue weighted by atomic mass is 10.2. The van der Waals surface area contributed by atoms with Crippen molar-refractivity contribution in [2.45, 2.75) is 12.7 Å². The lowest BCUT2D eigenvalue weighted by Crippen LogP contribution is -2.25. The maximum atomic E-state index is 12.1. The SMILES string of the molecule is NC(=O)CSCC(=O)NCc1cccc(OCC(F)(F)F)c1. The third-order valence-electron chi connectivity index (χ3n) is 2.27. The highest BCUT2D eigenvalue weighted by Crippen LogP contribution is 2.19. The van der Waals surface area contributed by atoms with Crippen molar-refractivity contribution in [3.05, 3.63) is 29.8 Å². The van der Waals surface area contributed by atoms with E-state index in [0.717, 1.165) is 11.8 Å². The Morgan fingerprint density at radius 3 is 2.64 bits per heavy atom. The molecule has 0 fully saturated rings. The molecular formula is C13H15F3N2O3S. The van der Waals surface area contributed by atoms with Crippen LogP contribution in [-0.4, -0.2) is 36.1 Å². The molecule has 0 radical (unpaired) electrons. The highest BCUT2D eigenvalue weighted by molar-refractivity contribution is 8.00. The Balaban J connectivity index is 2.39. The van der Waals surface area contributed by atoms with E-state index in [1.54, 1.807) is 6.07 Å². The number of thioether (sulfide) groups is 1. The first-order valence-electron chi connectivity index (χ1n) is 6.17. The molecule has 0 aliphatic heterocycles. The predicted octanol–water partition coefficient (Wildman–Crippen LogP) is 1.46. The Hall–Kier alpha value is -1.90. The standard InChI is InChI=1S/C13H15F3N2O3S/c14-13(15,16)8-21-10-3-1-2-9(4-10)5-18-12(20)7-22-6-11(17)19/h1-4H,5-8H2,(H2,17,19)(H,18,20). The number of carbonyl (C=O) groups excluding carboxylic acids is 2. The lowest BCUT2D eigenvalue weighted by molar-refractivity contribution is -0.153. The van der Waals surface area contributed by atoms with E-state index in [-0.39, 0.29) is 29.7 Å². The molecular weight excluding hydrogens is 321 g/mol. The maximum absolute atomic E-state index is 12.1. The number of rotatable bonds is 8. The lowest BCUT2D eigenvalue weighted by Gasteiger charge is -2.10. The molecule has 0 unspecified atom stereocenters. The summed E-state index contributed by atoms with van der Waals surface area (Å²) in [5.41, 5.74) is 5.54. The number of hydrogen-bond acceptors (Lipinski definition) is 4. The van der Waals surface area contributed by atoms with Crippen LogP contribution in [0.2, 0.25) is 0 Å². The van der Waals surface area contributed by atoms with E-state index in [2.05, 4.69) is 10.1 Å². The van der Waals surface area contributed by atoms with Crippen molar-refractivity contribution in [3.63, 3.8) is 0 Å². The monoisotopic (exact) mass is 336 g/mol. The average Bonchev–Trinajstić information content (AvgIpc) is 2.42. The van der Waals surface area contributed by atoms with Crippen LogP contribution in [0.3, 0.4) is 0 Å². The third kappa shape index (κ3) is 8.40. The number of nitrogens with two attached hydrogens (primary N) is 1. The van der Waals surface area contributed by atoms with Gasteiger partial charge in [-0.05, 0) is 17.7 Å². The Kier molecular flexibility index (Phi) is 7.03. The second-order valence-electron chi connectivity index (χ2n) is 4.29. The van der Waals surface area contributed by atoms with Gasteiger partial charge in [0.25, 0.3) is 0 Å². The summed E-state index contributed by atoms with van der Waals surface area (Å²) in [6.07, 6.45) is -4.40. The molecule has 0 saturated carbocycles. The summed E-state index contributed by atoms with van der Waals surface area (Å²) in [7, 11) is 0. The molecule has 2 amide bonds. The van der Waals surface area contributed by atoms with Crippen molar-refractivity contribution in [2.24, 2.45) is 5.73 Å². The molecule has 0 saturated heterocycles. The quantitative estimate of drug-likeness (QED) is 0.753. The fourth-order valence-corrected chi connectivity index (χ4v) is 2.00. The summed E-state index contributed by atoms with van der Waals surface area (Å²) in [5.74, 6) is -0.603. The van der Waals surface area contributed by atoms with E-state index in [0.29, 0.717) is 5.56 Å². The van der Waals surface area contributed by atoms with Gasteiger partial charge in [-0.25, -0.2) is 0 Å². The van der Waals surface area contributed by atoms with Gasteiger partial charge in [-0.15, -0.1) is 11.8 Å². The maximum Gasteiger partial charge on any atom is 0.422 e. The van der Waals surface area contributed by atoms with Crippen LogP contribution in [0.4, 0.5) is 13.2 Å². The molecule has 0 atom stereocenters. The first-order chi connectivity index (χ1) is 10.3. The number of halogens is 3. The number of hydrogen-bond donors (Lipinski definition) is 2. The van der Waals surface area contributed by atoms with Crippen LogP contribution < -0.4 is 15.8 Å². The van der Waals surface area contributed by atoms with E-state index in [1.165, 1.54) is 18.2 Å². The van der Waals surface area contributed by atoms with E-state index < -0.39 is 18.7 Å². The zero-order valence-electron chi connectivity index (χ0n) is 11.5. The molecule has 0 aliphatic rings. The van der Waals surface area contributed by atoms with Gasteiger partial charge >= 0.3 is 6.18 Å². The third-order valence-corrected chi connectivity index (χ3v) is 3.22. The molecule has 3 N–H and O–H groups in total. The van der Waals surface area contributed by atoms with Gasteiger partial charge in [-0.1, -0.05) is 12.1 Å². The van der Waals surface area contributed by atoms with Crippen LogP contribution in [0.1, 0.15) is 5.56 Å². The number of carbonyl (C=O) groups is 2. The minimum absolute atomic E-state index is 0.0498. The molecule has 0 bridgehead atoms. The number of nitrogens with one attached hydrogen (secondary N) is 1. The van der Waals surface area contributed by atoms with Crippen molar-refractivity contribution < 1.29 is 27.5 Å². The minimum atomic E-state index is -4.40. The normalized spacial score (nSPS) is 11.0. The van der Waals surface area contributed by atoms with E-state index >= 15 is 0 Å². The molecule has 1 aromatic rings. The number of ether oxygens (including phenoxy) is 1. The van der Waals surface area contributed by atoms with Gasteiger partial charge in [0.2, 0.25) is 11.8 Å². The molecule has 122 valence electrons. The number of amides is 2. The van der Waals surface area contributed by atoms with Gasteiger partial charge in [-0.3, -0.25) is 9.59 Å². The first-order valence-corrected chi connectivity index (χ1v) is 7.33. The van der Waals surface area contributed by atoms with Crippen LogP contribution >= 0.6 is 11.8 Å². The van der Waals surface area contributed by atoms with Gasteiger partial charge in [0, 0.05) is 6.54 Å². The summed E-state index contributed by atoms with van der Waals surface area (Å²) in [6, 6.07) is 6.01. The largest absolute Gasteiger partial charge is 0.484 e. The van der Waals surface area contributed by atoms with Crippen LogP contribution in [0, 0.1) is 0 Å². The smallest absolute Gasteiger partial charge is 0.422 e. The molecule has 1 aromatic carbocycles. The number of primary amides is 1. The average molecular weight is 336 g/mol. The van der Waals surface area contributed by atoms with Crippen molar-refractivity contribution in [1.29, 1.82) is 0 Å².